The number of hydrogen-bond acceptors (Lipinski definition) is 5. The van der Waals surface area contributed by atoms with E-state index in [9.17, 15) is 0 Å². The van der Waals surface area contributed by atoms with E-state index in [1.807, 2.05) is 0 Å². The summed E-state index contributed by atoms with van der Waals surface area (Å²) in [6.07, 6.45) is 22.5. The van der Waals surface area contributed by atoms with Gasteiger partial charge in [0.2, 0.25) is 0 Å². The van der Waals surface area contributed by atoms with Crippen LogP contribution in [0, 0.1) is 6.92 Å². The van der Waals surface area contributed by atoms with Gasteiger partial charge in [0.15, 0.2) is 0 Å². The third kappa shape index (κ3) is 14.3. The third-order valence-corrected chi connectivity index (χ3v) is 7.63. The molecule has 0 spiro atoms. The molecule has 0 bridgehead atoms. The summed E-state index contributed by atoms with van der Waals surface area (Å²) in [6.45, 7) is 7.07. The van der Waals surface area contributed by atoms with Gasteiger partial charge in [-0.25, -0.2) is 0 Å². The van der Waals surface area contributed by atoms with Crippen LogP contribution in [-0.4, -0.2) is 26.0 Å². The number of unbranched alkanes of at least 4 members (excludes halogenated alkanes) is 15. The summed E-state index contributed by atoms with van der Waals surface area (Å²) in [5.74, 6) is 0. The zero-order valence-corrected chi connectivity index (χ0v) is 19.4. The fourth-order valence-electron chi connectivity index (χ4n) is 3.60. The van der Waals surface area contributed by atoms with Gasteiger partial charge in [-0.1, -0.05) is 39.0 Å². The van der Waals surface area contributed by atoms with Crippen LogP contribution in [0.2, 0.25) is 0 Å². The van der Waals surface area contributed by atoms with Crippen molar-refractivity contribution in [1.82, 2.24) is 0 Å². The van der Waals surface area contributed by atoms with Crippen LogP contribution in [-0.2, 0) is 23.6 Å². The Hall–Kier alpha value is 0.230. The second-order valence-corrected chi connectivity index (χ2v) is 10.4. The minimum atomic E-state index is -2.80. The van der Waals surface area contributed by atoms with Gasteiger partial charge in [-0.05, 0) is 0 Å². The molecule has 1 rings (SSSR count). The standard InChI is InChI=1S/C22H46O5P/c1-3-5-6-7-8-9-10-11-12-13-14-15-16-17-18-19-22-28(26-23-4-2)25-21-20-24-27-28/h28H,2-22H2,1H3. The van der Waals surface area contributed by atoms with Crippen LogP contribution in [0.25, 0.3) is 0 Å². The summed E-state index contributed by atoms with van der Waals surface area (Å²) >= 11 is 0. The molecule has 1 saturated heterocycles. The molecule has 1 fully saturated rings. The van der Waals surface area contributed by atoms with Crippen LogP contribution >= 0.6 is 7.94 Å². The van der Waals surface area contributed by atoms with Crippen molar-refractivity contribution in [1.29, 1.82) is 0 Å². The molecule has 28 heavy (non-hydrogen) atoms. The molecule has 1 heterocycles. The Labute approximate surface area is 174 Å². The molecule has 5 nitrogen and oxygen atoms in total. The quantitative estimate of drug-likeness (QED) is 0.0881. The summed E-state index contributed by atoms with van der Waals surface area (Å²) in [7, 11) is -2.80. The van der Waals surface area contributed by atoms with Crippen LogP contribution in [0.3, 0.4) is 0 Å². The third-order valence-electron chi connectivity index (χ3n) is 5.28. The van der Waals surface area contributed by atoms with Crippen LogP contribution in [0.5, 0.6) is 0 Å². The van der Waals surface area contributed by atoms with Gasteiger partial charge in [0.05, 0.1) is 0 Å². The average molecular weight is 422 g/mol. The van der Waals surface area contributed by atoms with Crippen LogP contribution in [0.4, 0.5) is 0 Å². The van der Waals surface area contributed by atoms with Gasteiger partial charge >= 0.3 is 135 Å². The van der Waals surface area contributed by atoms with E-state index in [0.717, 1.165) is 12.6 Å². The molecule has 1 aliphatic rings. The topological polar surface area (TPSA) is 46.2 Å². The van der Waals surface area contributed by atoms with E-state index in [-0.39, 0.29) is 6.61 Å². The van der Waals surface area contributed by atoms with Gasteiger partial charge in [0, 0.05) is 0 Å². The first-order valence-corrected chi connectivity index (χ1v) is 13.8. The number of rotatable bonds is 20. The zero-order chi connectivity index (χ0) is 20.2. The minimum absolute atomic E-state index is 0.237. The van der Waals surface area contributed by atoms with E-state index < -0.39 is 7.94 Å². The van der Waals surface area contributed by atoms with Crippen molar-refractivity contribution >= 4 is 7.94 Å². The Morgan fingerprint density at radius 3 is 1.64 bits per heavy atom. The predicted molar refractivity (Wildman–Crippen MR) is 118 cm³/mol. The van der Waals surface area contributed by atoms with Crippen LogP contribution in [0.15, 0.2) is 0 Å². The maximum atomic E-state index is 5.71. The van der Waals surface area contributed by atoms with E-state index in [1.165, 1.54) is 96.3 Å². The fourth-order valence-corrected chi connectivity index (χ4v) is 5.64. The molecule has 0 saturated carbocycles. The van der Waals surface area contributed by atoms with Gasteiger partial charge in [0.25, 0.3) is 0 Å². The van der Waals surface area contributed by atoms with E-state index in [0.29, 0.717) is 13.2 Å². The molecule has 0 atom stereocenters. The molecule has 0 amide bonds. The van der Waals surface area contributed by atoms with E-state index >= 15 is 0 Å². The summed E-state index contributed by atoms with van der Waals surface area (Å²) in [6, 6.07) is 0. The first kappa shape index (κ1) is 26.3. The first-order valence-electron chi connectivity index (χ1n) is 11.9. The Balaban J connectivity index is 1.84. The van der Waals surface area contributed by atoms with Crippen molar-refractivity contribution in [2.75, 3.05) is 26.0 Å². The monoisotopic (exact) mass is 421 g/mol. The molecule has 0 unspecified atom stereocenters. The van der Waals surface area contributed by atoms with E-state index in [4.69, 9.17) is 23.6 Å². The Morgan fingerprint density at radius 1 is 0.714 bits per heavy atom. The van der Waals surface area contributed by atoms with E-state index in [1.54, 1.807) is 0 Å². The molecule has 1 aliphatic heterocycles. The maximum absolute atomic E-state index is 5.71. The SMILES string of the molecule is [CH2]COO[PH]1(CCCCCCCCCCCCCCCCCC)OCCOO1. The number of hydrogen-bond donors (Lipinski definition) is 0. The molecule has 0 aromatic heterocycles. The van der Waals surface area contributed by atoms with Crippen molar-refractivity contribution in [3.05, 3.63) is 6.92 Å². The molecule has 6 heteroatoms. The van der Waals surface area contributed by atoms with Crippen LogP contribution < -0.4 is 0 Å². The molecule has 1 radical (unpaired) electrons. The van der Waals surface area contributed by atoms with Crippen molar-refractivity contribution in [2.24, 2.45) is 0 Å². The second-order valence-electron chi connectivity index (χ2n) is 7.90. The predicted octanol–water partition coefficient (Wildman–Crippen LogP) is 7.50. The second kappa shape index (κ2) is 19.2. The molecule has 0 aliphatic carbocycles. The van der Waals surface area contributed by atoms with Crippen molar-refractivity contribution in [2.45, 2.75) is 110 Å². The molecule has 0 N–H and O–H groups in total. The Kier molecular flexibility index (Phi) is 18.0. The average Bonchev–Trinajstić information content (AvgIpc) is 2.73. The molecular formula is C22H46O5P. The summed E-state index contributed by atoms with van der Waals surface area (Å²) < 4.78 is 16.4. The first-order chi connectivity index (χ1) is 13.8. The molecular weight excluding hydrogens is 375 g/mol. The van der Waals surface area contributed by atoms with Gasteiger partial charge in [0.1, 0.15) is 0 Å². The summed E-state index contributed by atoms with van der Waals surface area (Å²) in [4.78, 5) is 10.0. The zero-order valence-electron chi connectivity index (χ0n) is 18.4. The fraction of sp³-hybridized carbons (Fsp3) is 0.955. The Morgan fingerprint density at radius 2 is 1.21 bits per heavy atom. The van der Waals surface area contributed by atoms with Crippen molar-refractivity contribution in [3.8, 4) is 0 Å². The van der Waals surface area contributed by atoms with Gasteiger partial charge < -0.3 is 0 Å². The molecule has 0 aromatic carbocycles. The van der Waals surface area contributed by atoms with Gasteiger partial charge in [-0.15, -0.1) is 0 Å². The van der Waals surface area contributed by atoms with Gasteiger partial charge in [-0.2, -0.15) is 0 Å². The Bertz CT molecular complexity index is 324. The van der Waals surface area contributed by atoms with Crippen molar-refractivity contribution < 1.29 is 23.6 Å². The van der Waals surface area contributed by atoms with Crippen molar-refractivity contribution in [3.63, 3.8) is 0 Å². The molecule has 0 aromatic rings. The summed E-state index contributed by atoms with van der Waals surface area (Å²) in [5.41, 5.74) is 0. The van der Waals surface area contributed by atoms with E-state index in [2.05, 4.69) is 13.8 Å². The van der Waals surface area contributed by atoms with Crippen LogP contribution in [0.1, 0.15) is 110 Å². The summed E-state index contributed by atoms with van der Waals surface area (Å²) in [5, 5.41) is 0. The normalized spacial score (nSPS) is 17.6. The molecule has 169 valence electrons. The van der Waals surface area contributed by atoms with Gasteiger partial charge in [-0.3, -0.25) is 0 Å².